The number of anilines is 1. The van der Waals surface area contributed by atoms with E-state index in [0.717, 1.165) is 23.9 Å². The van der Waals surface area contributed by atoms with Crippen LogP contribution in [0.25, 0.3) is 5.65 Å². The van der Waals surface area contributed by atoms with E-state index in [4.69, 9.17) is 0 Å². The maximum Gasteiger partial charge on any atom is 0.172 e. The van der Waals surface area contributed by atoms with E-state index in [1.165, 1.54) is 32.1 Å². The Hall–Kier alpha value is -2.76. The van der Waals surface area contributed by atoms with Crippen LogP contribution in [-0.4, -0.2) is 31.9 Å². The molecule has 1 aliphatic carbocycles. The second-order valence-electron chi connectivity index (χ2n) is 6.94. The van der Waals surface area contributed by atoms with Crippen molar-refractivity contribution in [3.63, 3.8) is 0 Å². The minimum Gasteiger partial charge on any atom is -0.370 e. The fraction of sp³-hybridized carbons (Fsp3) is 0.400. The summed E-state index contributed by atoms with van der Waals surface area (Å²) in [5, 5.41) is 8.06. The number of fused-ring (bicyclic) bond motifs is 1. The third-order valence-electron chi connectivity index (χ3n) is 5.00. The quantitative estimate of drug-likeness (QED) is 0.689. The number of nitrogens with one attached hydrogen (secondary N) is 1. The van der Waals surface area contributed by atoms with Crippen LogP contribution in [0.5, 0.6) is 0 Å². The van der Waals surface area contributed by atoms with Gasteiger partial charge in [0.2, 0.25) is 0 Å². The van der Waals surface area contributed by atoms with Crippen molar-refractivity contribution < 1.29 is 4.79 Å². The lowest BCUT2D eigenvalue weighted by Crippen LogP contribution is -2.18. The van der Waals surface area contributed by atoms with Crippen LogP contribution in [-0.2, 0) is 6.42 Å². The summed E-state index contributed by atoms with van der Waals surface area (Å²) in [6.07, 6.45) is 10.0. The molecule has 0 aromatic carbocycles. The smallest absolute Gasteiger partial charge is 0.172 e. The molecule has 0 bridgehead atoms. The van der Waals surface area contributed by atoms with Crippen molar-refractivity contribution in [2.45, 2.75) is 38.5 Å². The topological polar surface area (TPSA) is 72.2 Å². The van der Waals surface area contributed by atoms with Gasteiger partial charge in [0.05, 0.1) is 6.42 Å². The van der Waals surface area contributed by atoms with Crippen molar-refractivity contribution in [3.05, 3.63) is 54.1 Å². The molecule has 26 heavy (non-hydrogen) atoms. The summed E-state index contributed by atoms with van der Waals surface area (Å²) in [5.74, 6) is 2.17. The predicted octanol–water partition coefficient (Wildman–Crippen LogP) is 3.54. The van der Waals surface area contributed by atoms with Crippen LogP contribution in [0.2, 0.25) is 0 Å². The van der Waals surface area contributed by atoms with E-state index in [2.05, 4.69) is 20.4 Å². The van der Waals surface area contributed by atoms with Crippen molar-refractivity contribution in [1.82, 2.24) is 19.6 Å². The molecule has 6 nitrogen and oxygen atoms in total. The molecule has 0 saturated heterocycles. The maximum absolute atomic E-state index is 12.4. The van der Waals surface area contributed by atoms with E-state index in [0.29, 0.717) is 11.4 Å². The first-order valence-corrected chi connectivity index (χ1v) is 9.31. The molecular formula is C20H23N5O. The Morgan fingerprint density at radius 3 is 2.85 bits per heavy atom. The number of pyridine rings is 2. The lowest BCUT2D eigenvalue weighted by Gasteiger charge is -2.22. The Morgan fingerprint density at radius 1 is 1.15 bits per heavy atom. The lowest BCUT2D eigenvalue weighted by atomic mass is 9.89. The molecule has 1 fully saturated rings. The van der Waals surface area contributed by atoms with Crippen LogP contribution in [0, 0.1) is 5.92 Å². The molecule has 6 heteroatoms. The van der Waals surface area contributed by atoms with Gasteiger partial charge in [0.1, 0.15) is 5.82 Å². The first kappa shape index (κ1) is 16.7. The van der Waals surface area contributed by atoms with Gasteiger partial charge in [0.15, 0.2) is 17.3 Å². The molecule has 3 aromatic heterocycles. The zero-order valence-corrected chi connectivity index (χ0v) is 14.8. The highest BCUT2D eigenvalue weighted by Crippen LogP contribution is 2.24. The number of carbonyl (C=O) groups excluding carboxylic acids is 1. The highest BCUT2D eigenvalue weighted by molar-refractivity contribution is 5.96. The molecule has 0 atom stereocenters. The Morgan fingerprint density at radius 2 is 2.04 bits per heavy atom. The van der Waals surface area contributed by atoms with Gasteiger partial charge in [-0.25, -0.2) is 4.98 Å². The zero-order chi connectivity index (χ0) is 17.8. The van der Waals surface area contributed by atoms with Crippen molar-refractivity contribution >= 4 is 17.2 Å². The summed E-state index contributed by atoms with van der Waals surface area (Å²) in [4.78, 5) is 20.9. The number of aromatic nitrogens is 4. The molecule has 3 heterocycles. The van der Waals surface area contributed by atoms with Gasteiger partial charge >= 0.3 is 0 Å². The molecule has 1 saturated carbocycles. The Bertz CT molecular complexity index is 884. The average molecular weight is 349 g/mol. The minimum atomic E-state index is -0.0225. The van der Waals surface area contributed by atoms with Gasteiger partial charge < -0.3 is 5.32 Å². The molecule has 0 unspecified atom stereocenters. The van der Waals surface area contributed by atoms with Gasteiger partial charge in [-0.2, -0.15) is 4.52 Å². The van der Waals surface area contributed by atoms with Gasteiger partial charge in [0.25, 0.3) is 0 Å². The summed E-state index contributed by atoms with van der Waals surface area (Å²) < 4.78 is 1.80. The fourth-order valence-electron chi connectivity index (χ4n) is 3.57. The van der Waals surface area contributed by atoms with Crippen LogP contribution >= 0.6 is 0 Å². The fourth-order valence-corrected chi connectivity index (χ4v) is 3.57. The second-order valence-corrected chi connectivity index (χ2v) is 6.94. The van der Waals surface area contributed by atoms with E-state index in [-0.39, 0.29) is 12.2 Å². The SMILES string of the molecule is O=C(Cc1nc2cccc(NCC3CCCCC3)n2n1)c1cccnc1. The zero-order valence-electron chi connectivity index (χ0n) is 14.8. The van der Waals surface area contributed by atoms with Crippen LogP contribution in [0.1, 0.15) is 48.3 Å². The first-order chi connectivity index (χ1) is 12.8. The molecule has 134 valence electrons. The van der Waals surface area contributed by atoms with Gasteiger partial charge in [-0.1, -0.05) is 25.3 Å². The van der Waals surface area contributed by atoms with Crippen molar-refractivity contribution in [2.75, 3.05) is 11.9 Å². The van der Waals surface area contributed by atoms with Gasteiger partial charge in [-0.05, 0) is 43.0 Å². The molecule has 4 rings (SSSR count). The standard InChI is InChI=1S/C20H23N5O/c26-17(16-8-5-11-21-14-16)12-18-23-20-10-4-9-19(25(20)24-18)22-13-15-6-2-1-3-7-15/h4-5,8-11,14-15,22H,1-3,6-7,12-13H2. The summed E-state index contributed by atoms with van der Waals surface area (Å²) in [6.45, 7) is 0.961. The maximum atomic E-state index is 12.4. The van der Waals surface area contributed by atoms with Crippen molar-refractivity contribution in [3.8, 4) is 0 Å². The first-order valence-electron chi connectivity index (χ1n) is 9.31. The molecule has 0 aliphatic heterocycles. The Kier molecular flexibility index (Phi) is 4.91. The molecule has 1 N–H and O–H groups in total. The molecule has 0 radical (unpaired) electrons. The van der Waals surface area contributed by atoms with Crippen molar-refractivity contribution in [2.24, 2.45) is 5.92 Å². The van der Waals surface area contributed by atoms with E-state index < -0.39 is 0 Å². The lowest BCUT2D eigenvalue weighted by molar-refractivity contribution is 0.0990. The summed E-state index contributed by atoms with van der Waals surface area (Å²) >= 11 is 0. The van der Waals surface area contributed by atoms with Gasteiger partial charge in [-0.3, -0.25) is 9.78 Å². The number of hydrogen-bond donors (Lipinski definition) is 1. The number of ketones is 1. The van der Waals surface area contributed by atoms with E-state index in [9.17, 15) is 4.79 Å². The van der Waals surface area contributed by atoms with Crippen LogP contribution in [0.4, 0.5) is 5.82 Å². The van der Waals surface area contributed by atoms with E-state index in [1.807, 2.05) is 18.2 Å². The summed E-state index contributed by atoms with van der Waals surface area (Å²) in [7, 11) is 0. The van der Waals surface area contributed by atoms with E-state index >= 15 is 0 Å². The molecule has 0 spiro atoms. The molecular weight excluding hydrogens is 326 g/mol. The second kappa shape index (κ2) is 7.64. The summed E-state index contributed by atoms with van der Waals surface area (Å²) in [6, 6.07) is 9.42. The monoisotopic (exact) mass is 349 g/mol. The Labute approximate surface area is 152 Å². The number of nitrogens with zero attached hydrogens (tertiary/aromatic N) is 4. The van der Waals surface area contributed by atoms with Crippen LogP contribution in [0.15, 0.2) is 42.7 Å². The van der Waals surface area contributed by atoms with Crippen LogP contribution in [0.3, 0.4) is 0 Å². The molecule has 0 amide bonds. The minimum absolute atomic E-state index is 0.0225. The third-order valence-corrected chi connectivity index (χ3v) is 5.00. The normalized spacial score (nSPS) is 15.2. The number of Topliss-reactive ketones (excluding diaryl/α,β-unsaturated/α-hetero) is 1. The van der Waals surface area contributed by atoms with Crippen molar-refractivity contribution in [1.29, 1.82) is 0 Å². The molecule has 3 aromatic rings. The van der Waals surface area contributed by atoms with Gasteiger partial charge in [-0.15, -0.1) is 5.10 Å². The molecule has 1 aliphatic rings. The average Bonchev–Trinajstić information content (AvgIpc) is 3.11. The van der Waals surface area contributed by atoms with E-state index in [1.54, 1.807) is 29.0 Å². The summed E-state index contributed by atoms with van der Waals surface area (Å²) in [5.41, 5.74) is 1.34. The highest BCUT2D eigenvalue weighted by atomic mass is 16.1. The number of rotatable bonds is 6. The number of carbonyl (C=O) groups is 1. The van der Waals surface area contributed by atoms with Gasteiger partial charge in [0, 0.05) is 24.5 Å². The number of hydrogen-bond acceptors (Lipinski definition) is 5. The highest BCUT2D eigenvalue weighted by Gasteiger charge is 2.15. The third kappa shape index (κ3) is 3.74. The van der Waals surface area contributed by atoms with Crippen LogP contribution < -0.4 is 5.32 Å². The Balaban J connectivity index is 1.49. The predicted molar refractivity (Wildman–Crippen MR) is 100 cm³/mol. The largest absolute Gasteiger partial charge is 0.370 e.